The minimum Gasteiger partial charge on any atom is -0.497 e. The fourth-order valence-electron chi connectivity index (χ4n) is 9.22. The highest BCUT2D eigenvalue weighted by atomic mass is 16.5. The van der Waals surface area contributed by atoms with Crippen molar-refractivity contribution in [2.75, 3.05) is 66.6 Å². The number of hydrogen-bond donors (Lipinski definition) is 2. The largest absolute Gasteiger partial charge is 0.497 e. The number of piperazine rings is 2. The zero-order chi connectivity index (χ0) is 51.6. The Bertz CT molecular complexity index is 3160. The lowest BCUT2D eigenvalue weighted by Gasteiger charge is -2.35. The maximum atomic E-state index is 13.0. The van der Waals surface area contributed by atoms with Crippen molar-refractivity contribution in [3.63, 3.8) is 0 Å². The second kappa shape index (κ2) is 23.7. The summed E-state index contributed by atoms with van der Waals surface area (Å²) in [6.07, 6.45) is 1.68. The van der Waals surface area contributed by atoms with Gasteiger partial charge in [-0.15, -0.1) is 30.6 Å². The average molecular weight is 995 g/mol. The lowest BCUT2D eigenvalue weighted by molar-refractivity contribution is -0.137. The van der Waals surface area contributed by atoms with Crippen molar-refractivity contribution < 1.29 is 24.2 Å². The van der Waals surface area contributed by atoms with Crippen LogP contribution in [0.15, 0.2) is 72.8 Å². The van der Waals surface area contributed by atoms with Gasteiger partial charge in [0.2, 0.25) is 5.91 Å². The first-order valence-corrected chi connectivity index (χ1v) is 24.7. The van der Waals surface area contributed by atoms with Crippen molar-refractivity contribution in [2.24, 2.45) is 0 Å². The smallest absolute Gasteiger partial charge is 0.303 e. The molecule has 21 heteroatoms. The molecule has 384 valence electrons. The second-order valence-electron chi connectivity index (χ2n) is 18.3. The fraction of sp³-hybridized carbons (Fsp3) is 0.423. The van der Waals surface area contributed by atoms with Crippen LogP contribution in [0.3, 0.4) is 0 Å². The molecule has 0 unspecified atom stereocenters. The van der Waals surface area contributed by atoms with E-state index in [0.717, 1.165) is 117 Å². The van der Waals surface area contributed by atoms with Crippen molar-refractivity contribution >= 4 is 23.2 Å². The summed E-state index contributed by atoms with van der Waals surface area (Å²) < 4.78 is 17.5. The molecule has 0 spiro atoms. The number of benzene rings is 2. The number of fused-ring (bicyclic) bond motifs is 2. The highest BCUT2D eigenvalue weighted by molar-refractivity contribution is 5.76. The number of methoxy groups -OCH3 is 2. The maximum Gasteiger partial charge on any atom is 0.303 e. The van der Waals surface area contributed by atoms with Crippen LogP contribution in [-0.4, -0.2) is 157 Å². The van der Waals surface area contributed by atoms with Crippen LogP contribution in [0.25, 0.3) is 22.9 Å². The second-order valence-corrected chi connectivity index (χ2v) is 18.3. The van der Waals surface area contributed by atoms with Gasteiger partial charge in [0.1, 0.15) is 11.5 Å². The Kier molecular flexibility index (Phi) is 16.8. The van der Waals surface area contributed by atoms with Crippen LogP contribution in [0.1, 0.15) is 69.5 Å². The summed E-state index contributed by atoms with van der Waals surface area (Å²) in [5.74, 6) is 3.98. The minimum atomic E-state index is -0.814. The van der Waals surface area contributed by atoms with E-state index >= 15 is 0 Å². The van der Waals surface area contributed by atoms with Gasteiger partial charge >= 0.3 is 5.97 Å². The van der Waals surface area contributed by atoms with E-state index in [1.807, 2.05) is 93.6 Å². The third-order valence-electron chi connectivity index (χ3n) is 13.3. The number of aromatic nitrogens is 12. The van der Waals surface area contributed by atoms with E-state index in [0.29, 0.717) is 48.0 Å². The summed E-state index contributed by atoms with van der Waals surface area (Å²) in [6, 6.07) is 23.9. The standard InChI is InChI=1S/C26H32N8O2.C14H16N6O2.C12H18N2O/c1-18-23(19(2)33(29-18)25-10-9-24-28-27-20(3)34(24)30-25)8-11-26(35)32-14-12-31(13-15-32)17-21-6-5-7-22(16-21)36-4;1-8-11(4-7-14(21)22)9(2)19(17-8)13-6-5-12-16-15-10(3)20(12)18-13;1-15-12-4-2-3-11(9-12)10-14-7-5-13-6-8-14/h5-7,9-10,16H,8,11-15,17H2,1-4H3;5-6H,4,7H2,1-3H3,(H,21,22);2-4,9,13H,5-8,10H2,1H3. The summed E-state index contributed by atoms with van der Waals surface area (Å²) in [7, 11) is 3.40. The van der Waals surface area contributed by atoms with Crippen molar-refractivity contribution in [3.05, 3.63) is 129 Å². The first-order valence-electron chi connectivity index (χ1n) is 24.7. The number of nitrogens with zero attached hydrogens (tertiary/aromatic N) is 15. The number of rotatable bonds is 14. The number of amides is 1. The Labute approximate surface area is 424 Å². The molecule has 0 aliphatic carbocycles. The molecule has 0 atom stereocenters. The van der Waals surface area contributed by atoms with Crippen LogP contribution in [0.5, 0.6) is 11.5 Å². The molecule has 0 radical (unpaired) electrons. The number of carboxylic acid groups (broad SMARTS) is 1. The number of aryl methyl sites for hydroxylation is 4. The molecular weight excluding hydrogens is 929 g/mol. The van der Waals surface area contributed by atoms with Crippen molar-refractivity contribution in [1.29, 1.82) is 0 Å². The third-order valence-corrected chi connectivity index (χ3v) is 13.3. The summed E-state index contributed by atoms with van der Waals surface area (Å²) in [5.41, 5.74) is 9.62. The quantitative estimate of drug-likeness (QED) is 0.149. The predicted molar refractivity (Wildman–Crippen MR) is 274 cm³/mol. The average Bonchev–Trinajstić information content (AvgIpc) is 4.14. The van der Waals surface area contributed by atoms with Gasteiger partial charge in [0.05, 0.1) is 25.6 Å². The molecule has 8 aromatic rings. The Morgan fingerprint density at radius 2 is 1.04 bits per heavy atom. The molecule has 1 amide bonds. The van der Waals surface area contributed by atoms with Crippen molar-refractivity contribution in [1.82, 2.24) is 79.2 Å². The Morgan fingerprint density at radius 1 is 0.575 bits per heavy atom. The van der Waals surface area contributed by atoms with Crippen LogP contribution in [0.2, 0.25) is 0 Å². The summed E-state index contributed by atoms with van der Waals surface area (Å²) in [5, 5.41) is 46.7. The summed E-state index contributed by atoms with van der Waals surface area (Å²) in [6.45, 7) is 21.1. The minimum absolute atomic E-state index is 0.0877. The molecular formula is C52H66N16O5. The first kappa shape index (κ1) is 51.7. The Hall–Kier alpha value is -7.62. The van der Waals surface area contributed by atoms with Gasteiger partial charge in [-0.05, 0) is 125 Å². The van der Waals surface area contributed by atoms with E-state index < -0.39 is 5.97 Å². The van der Waals surface area contributed by atoms with Gasteiger partial charge in [0.15, 0.2) is 34.6 Å². The molecule has 2 aromatic carbocycles. The first-order chi connectivity index (χ1) is 35.3. The molecule has 73 heavy (non-hydrogen) atoms. The lowest BCUT2D eigenvalue weighted by atomic mass is 10.1. The number of ether oxygens (including phenoxy) is 2. The van der Waals surface area contributed by atoms with Gasteiger partial charge in [-0.25, -0.2) is 9.36 Å². The van der Waals surface area contributed by atoms with Gasteiger partial charge in [0, 0.05) is 89.7 Å². The molecule has 21 nitrogen and oxygen atoms in total. The molecule has 0 saturated carbocycles. The highest BCUT2D eigenvalue weighted by Gasteiger charge is 2.23. The third kappa shape index (κ3) is 12.7. The molecule has 0 bridgehead atoms. The molecule has 8 heterocycles. The molecule has 2 aliphatic rings. The zero-order valence-electron chi connectivity index (χ0n) is 43.1. The van der Waals surface area contributed by atoms with Crippen LogP contribution >= 0.6 is 0 Å². The fourth-order valence-corrected chi connectivity index (χ4v) is 9.22. The number of hydrogen-bond acceptors (Lipinski definition) is 15. The van der Waals surface area contributed by atoms with E-state index in [4.69, 9.17) is 19.7 Å². The van der Waals surface area contributed by atoms with Crippen molar-refractivity contribution in [3.8, 4) is 23.1 Å². The molecule has 2 aliphatic heterocycles. The molecule has 10 rings (SSSR count). The molecule has 2 N–H and O–H groups in total. The van der Waals surface area contributed by atoms with Gasteiger partial charge in [-0.2, -0.15) is 19.2 Å². The van der Waals surface area contributed by atoms with Gasteiger partial charge in [-0.1, -0.05) is 24.3 Å². The summed E-state index contributed by atoms with van der Waals surface area (Å²) >= 11 is 0. The van der Waals surface area contributed by atoms with Crippen LogP contribution < -0.4 is 14.8 Å². The molecule has 6 aromatic heterocycles. The van der Waals surface area contributed by atoms with E-state index in [9.17, 15) is 9.59 Å². The highest BCUT2D eigenvalue weighted by Crippen LogP contribution is 2.22. The number of carboxylic acids is 1. The normalized spacial score (nSPS) is 14.2. The zero-order valence-corrected chi connectivity index (χ0v) is 43.1. The number of carbonyl (C=O) groups excluding carboxylic acids is 1. The van der Waals surface area contributed by atoms with Crippen LogP contribution in [-0.2, 0) is 35.5 Å². The van der Waals surface area contributed by atoms with E-state index in [1.54, 1.807) is 27.9 Å². The SMILES string of the molecule is COc1cccc(CN2CCN(C(=O)CCc3c(C)nn(-c4ccc5nnc(C)n5n4)c3C)CC2)c1.COc1cccc(CN2CCNCC2)c1.Cc1nn(-c2ccc3nnc(C)n3n2)c(C)c1CCC(=O)O. The number of nitrogens with one attached hydrogen (secondary N) is 1. The predicted octanol–water partition coefficient (Wildman–Crippen LogP) is 4.87. The summed E-state index contributed by atoms with van der Waals surface area (Å²) in [4.78, 5) is 30.6. The van der Waals surface area contributed by atoms with Crippen molar-refractivity contribution in [2.45, 2.75) is 80.3 Å². The van der Waals surface area contributed by atoms with Gasteiger partial charge in [0.25, 0.3) is 0 Å². The van der Waals surface area contributed by atoms with Gasteiger partial charge < -0.3 is 24.8 Å². The lowest BCUT2D eigenvalue weighted by Crippen LogP contribution is -2.48. The van der Waals surface area contributed by atoms with Crippen LogP contribution in [0, 0.1) is 41.5 Å². The topological polar surface area (TPSA) is 216 Å². The Balaban J connectivity index is 0.000000162. The van der Waals surface area contributed by atoms with Crippen LogP contribution in [0.4, 0.5) is 0 Å². The van der Waals surface area contributed by atoms with E-state index in [2.05, 4.69) is 81.1 Å². The van der Waals surface area contributed by atoms with Gasteiger partial charge in [-0.3, -0.25) is 19.4 Å². The number of aliphatic carboxylic acids is 1. The molecule has 2 fully saturated rings. The maximum absolute atomic E-state index is 13.0. The van der Waals surface area contributed by atoms with E-state index in [-0.39, 0.29) is 12.3 Å². The molecule has 2 saturated heterocycles. The number of carbonyl (C=O) groups is 2. The van der Waals surface area contributed by atoms with E-state index in [1.165, 1.54) is 11.1 Å². The monoisotopic (exact) mass is 995 g/mol. The Morgan fingerprint density at radius 3 is 1.51 bits per heavy atom.